The first-order valence-corrected chi connectivity index (χ1v) is 10.1. The molecule has 0 aromatic heterocycles. The van der Waals surface area contributed by atoms with Gasteiger partial charge in [0, 0.05) is 32.7 Å². The second-order valence-corrected chi connectivity index (χ2v) is 7.46. The van der Waals surface area contributed by atoms with Crippen molar-refractivity contribution in [2.75, 3.05) is 46.4 Å². The van der Waals surface area contributed by atoms with Crippen molar-refractivity contribution >= 4 is 35.9 Å². The molecule has 3 atom stereocenters. The lowest BCUT2D eigenvalue weighted by Crippen LogP contribution is -2.50. The van der Waals surface area contributed by atoms with E-state index in [1.807, 2.05) is 6.92 Å². The highest BCUT2D eigenvalue weighted by molar-refractivity contribution is 14.0. The van der Waals surface area contributed by atoms with Crippen molar-refractivity contribution in [1.29, 1.82) is 0 Å². The third-order valence-electron chi connectivity index (χ3n) is 5.40. The molecule has 2 aliphatic rings. The molecule has 0 spiro atoms. The molecule has 1 aromatic rings. The number of nitrogens with zero attached hydrogens (tertiary/aromatic N) is 3. The summed E-state index contributed by atoms with van der Waals surface area (Å²) in [5.41, 5.74) is 1.33. The number of benzene rings is 1. The van der Waals surface area contributed by atoms with Crippen molar-refractivity contribution in [3.8, 4) is 0 Å². The number of hydrogen-bond donors (Lipinski definition) is 1. The summed E-state index contributed by atoms with van der Waals surface area (Å²) in [4.78, 5) is 21.1. The van der Waals surface area contributed by atoms with E-state index in [-0.39, 0.29) is 42.0 Å². The number of fused-ring (bicyclic) bond motifs is 1. The van der Waals surface area contributed by atoms with E-state index < -0.39 is 0 Å². The number of morpholine rings is 1. The van der Waals surface area contributed by atoms with E-state index in [0.29, 0.717) is 12.6 Å². The number of carbonyl (C=O) groups excluding carboxylic acids is 1. The highest BCUT2D eigenvalue weighted by Gasteiger charge is 2.41. The van der Waals surface area contributed by atoms with Crippen molar-refractivity contribution in [2.24, 2.45) is 10.9 Å². The number of ether oxygens (including phenoxy) is 2. The molecule has 1 aromatic carbocycles. The number of guanidine groups is 1. The molecule has 0 radical (unpaired) electrons. The second kappa shape index (κ2) is 11.7. The smallest absolute Gasteiger partial charge is 0.310 e. The quantitative estimate of drug-likeness (QED) is 0.270. The van der Waals surface area contributed by atoms with Crippen molar-refractivity contribution in [2.45, 2.75) is 32.5 Å². The average Bonchev–Trinajstić information content (AvgIpc) is 3.16. The van der Waals surface area contributed by atoms with E-state index in [1.54, 1.807) is 0 Å². The Kier molecular flexibility index (Phi) is 9.64. The Hall–Kier alpha value is -1.39. The van der Waals surface area contributed by atoms with E-state index >= 15 is 0 Å². The summed E-state index contributed by atoms with van der Waals surface area (Å²) in [6, 6.07) is 10.9. The molecule has 2 saturated heterocycles. The normalized spacial score (nSPS) is 23.1. The summed E-state index contributed by atoms with van der Waals surface area (Å²) in [5, 5.41) is 3.36. The van der Waals surface area contributed by atoms with Gasteiger partial charge in [-0.05, 0) is 12.5 Å². The third-order valence-corrected chi connectivity index (χ3v) is 5.40. The molecule has 2 heterocycles. The topological polar surface area (TPSA) is 66.4 Å². The monoisotopic (exact) mass is 516 g/mol. The van der Waals surface area contributed by atoms with Crippen molar-refractivity contribution in [3.05, 3.63) is 35.9 Å². The Labute approximate surface area is 190 Å². The predicted molar refractivity (Wildman–Crippen MR) is 125 cm³/mol. The molecule has 0 saturated carbocycles. The van der Waals surface area contributed by atoms with Gasteiger partial charge < -0.3 is 19.7 Å². The molecule has 0 amide bonds. The lowest BCUT2D eigenvalue weighted by molar-refractivity contribution is -0.144. The molecule has 7 nitrogen and oxygen atoms in total. The standard InChI is InChI=1S/C21H32N4O3.HI/c1-4-22-21(23-12-16(2)20(26)27-3)25-14-18-19(15-25)28-11-10-24(18)13-17-8-6-5-7-9-17;/h5-9,16,18-19H,4,10-15H2,1-3H3,(H,22,23);1H. The van der Waals surface area contributed by atoms with Crippen LogP contribution in [0.4, 0.5) is 0 Å². The fourth-order valence-corrected chi connectivity index (χ4v) is 3.87. The lowest BCUT2D eigenvalue weighted by atomic mass is 10.1. The van der Waals surface area contributed by atoms with Gasteiger partial charge in [-0.3, -0.25) is 14.7 Å². The summed E-state index contributed by atoms with van der Waals surface area (Å²) in [6.45, 7) is 9.41. The lowest BCUT2D eigenvalue weighted by Gasteiger charge is -2.36. The third kappa shape index (κ3) is 6.29. The van der Waals surface area contributed by atoms with E-state index in [0.717, 1.165) is 45.3 Å². The van der Waals surface area contributed by atoms with Gasteiger partial charge in [-0.2, -0.15) is 0 Å². The van der Waals surface area contributed by atoms with E-state index in [2.05, 4.69) is 57.4 Å². The van der Waals surface area contributed by atoms with E-state index in [9.17, 15) is 4.79 Å². The summed E-state index contributed by atoms with van der Waals surface area (Å²) in [5.74, 6) is 0.359. The van der Waals surface area contributed by atoms with Crippen LogP contribution >= 0.6 is 24.0 Å². The summed E-state index contributed by atoms with van der Waals surface area (Å²) in [7, 11) is 1.41. The molecule has 8 heteroatoms. The summed E-state index contributed by atoms with van der Waals surface area (Å²) >= 11 is 0. The van der Waals surface area contributed by atoms with Crippen LogP contribution in [0.1, 0.15) is 19.4 Å². The van der Waals surface area contributed by atoms with Gasteiger partial charge in [0.05, 0.1) is 38.3 Å². The second-order valence-electron chi connectivity index (χ2n) is 7.46. The van der Waals surface area contributed by atoms with E-state index in [4.69, 9.17) is 9.47 Å². The van der Waals surface area contributed by atoms with Crippen LogP contribution in [0.5, 0.6) is 0 Å². The zero-order chi connectivity index (χ0) is 19.9. The van der Waals surface area contributed by atoms with Gasteiger partial charge in [0.2, 0.25) is 0 Å². The summed E-state index contributed by atoms with van der Waals surface area (Å²) in [6.07, 6.45) is 0.180. The largest absolute Gasteiger partial charge is 0.469 e. The number of likely N-dealkylation sites (tertiary alicyclic amines) is 1. The maximum absolute atomic E-state index is 11.7. The van der Waals surface area contributed by atoms with Crippen LogP contribution < -0.4 is 5.32 Å². The number of esters is 1. The van der Waals surface area contributed by atoms with Crippen LogP contribution in [0.25, 0.3) is 0 Å². The first-order valence-electron chi connectivity index (χ1n) is 10.1. The van der Waals surface area contributed by atoms with Gasteiger partial charge in [-0.1, -0.05) is 37.3 Å². The Morgan fingerprint density at radius 2 is 2.10 bits per heavy atom. The zero-order valence-corrected chi connectivity index (χ0v) is 19.9. The van der Waals surface area contributed by atoms with Crippen LogP contribution in [-0.4, -0.2) is 80.3 Å². The first-order chi connectivity index (χ1) is 13.6. The molecule has 2 fully saturated rings. The van der Waals surface area contributed by atoms with Gasteiger partial charge in [-0.25, -0.2) is 0 Å². The molecule has 0 aliphatic carbocycles. The maximum Gasteiger partial charge on any atom is 0.310 e. The van der Waals surface area contributed by atoms with Crippen molar-refractivity contribution < 1.29 is 14.3 Å². The number of hydrogen-bond acceptors (Lipinski definition) is 5. The van der Waals surface area contributed by atoms with Gasteiger partial charge in [0.15, 0.2) is 5.96 Å². The minimum atomic E-state index is -0.255. The average molecular weight is 516 g/mol. The number of rotatable bonds is 6. The van der Waals surface area contributed by atoms with Crippen LogP contribution in [0, 0.1) is 5.92 Å². The molecule has 29 heavy (non-hydrogen) atoms. The van der Waals surface area contributed by atoms with Crippen LogP contribution in [0.15, 0.2) is 35.3 Å². The molecule has 1 N–H and O–H groups in total. The maximum atomic E-state index is 11.7. The van der Waals surface area contributed by atoms with Crippen molar-refractivity contribution in [3.63, 3.8) is 0 Å². The fraction of sp³-hybridized carbons (Fsp3) is 0.619. The first kappa shape index (κ1) is 23.9. The minimum absolute atomic E-state index is 0. The number of nitrogens with one attached hydrogen (secondary N) is 1. The molecular formula is C21H33IN4O3. The number of halogens is 1. The Balaban J connectivity index is 0.00000300. The Morgan fingerprint density at radius 3 is 2.79 bits per heavy atom. The summed E-state index contributed by atoms with van der Waals surface area (Å²) < 4.78 is 10.9. The van der Waals surface area contributed by atoms with Gasteiger partial charge in [0.25, 0.3) is 0 Å². The number of methoxy groups -OCH3 is 1. The molecular weight excluding hydrogens is 483 g/mol. The highest BCUT2D eigenvalue weighted by atomic mass is 127. The van der Waals surface area contributed by atoms with E-state index in [1.165, 1.54) is 12.7 Å². The fourth-order valence-electron chi connectivity index (χ4n) is 3.87. The number of aliphatic imine (C=N–C) groups is 1. The molecule has 162 valence electrons. The van der Waals surface area contributed by atoms with Crippen LogP contribution in [0.3, 0.4) is 0 Å². The zero-order valence-electron chi connectivity index (χ0n) is 17.5. The number of carbonyl (C=O) groups is 1. The van der Waals surface area contributed by atoms with Crippen LogP contribution in [0.2, 0.25) is 0 Å². The highest BCUT2D eigenvalue weighted by Crippen LogP contribution is 2.24. The molecule has 0 bridgehead atoms. The van der Waals surface area contributed by atoms with Gasteiger partial charge in [-0.15, -0.1) is 24.0 Å². The van der Waals surface area contributed by atoms with Crippen molar-refractivity contribution in [1.82, 2.24) is 15.1 Å². The van der Waals surface area contributed by atoms with Crippen LogP contribution in [-0.2, 0) is 20.8 Å². The molecule has 3 unspecified atom stereocenters. The predicted octanol–water partition coefficient (Wildman–Crippen LogP) is 1.96. The van der Waals surface area contributed by atoms with Gasteiger partial charge >= 0.3 is 5.97 Å². The Bertz CT molecular complexity index is 673. The molecule has 2 aliphatic heterocycles. The molecule has 3 rings (SSSR count). The Morgan fingerprint density at radius 1 is 1.34 bits per heavy atom. The minimum Gasteiger partial charge on any atom is -0.469 e. The van der Waals surface area contributed by atoms with Gasteiger partial charge in [0.1, 0.15) is 0 Å². The SMILES string of the molecule is CCNC(=NCC(C)C(=O)OC)N1CC2OCCN(Cc3ccccc3)C2C1.I.